The fraction of sp³-hybridized carbons (Fsp3) is 0.500. The first-order valence-electron chi connectivity index (χ1n) is 18.4. The van der Waals surface area contributed by atoms with E-state index in [0.717, 1.165) is 18.7 Å². The third kappa shape index (κ3) is 7.04. The highest BCUT2D eigenvalue weighted by Gasteiger charge is 2.72. The van der Waals surface area contributed by atoms with Crippen LogP contribution in [-0.2, 0) is 39.8 Å². The standard InChI is InChI=1S/C40H48N4O8/c1-27-35(29-13-6-3-7-14-29)51-39(49)33-31(15-8-9-16-32(46)41-27)52-40-17-10-18-43(20-19-42-21-23-50-24-22-42)38(48)36(40)44(37(47)34(33)40)30(26-45)25-28-11-4-2-5-12-28/h2-8,10-15,17,27,30-31,33-36,45H,9,16,18-26H2,1H3,(H,41,46)/b15-8-/t27-,30+,31-,33+,34+,35+,36-,40+/m0/s1. The Morgan fingerprint density at radius 2 is 1.67 bits per heavy atom. The number of morpholine rings is 1. The van der Waals surface area contributed by atoms with Gasteiger partial charge in [0.05, 0.1) is 43.9 Å². The van der Waals surface area contributed by atoms with Crippen molar-refractivity contribution in [2.75, 3.05) is 52.5 Å². The van der Waals surface area contributed by atoms with Crippen LogP contribution in [0.3, 0.4) is 0 Å². The lowest BCUT2D eigenvalue weighted by molar-refractivity contribution is -0.162. The van der Waals surface area contributed by atoms with Gasteiger partial charge in [0, 0.05) is 39.1 Å². The number of hydrogen-bond acceptors (Lipinski definition) is 9. The summed E-state index contributed by atoms with van der Waals surface area (Å²) in [6, 6.07) is 16.3. The summed E-state index contributed by atoms with van der Waals surface area (Å²) in [4.78, 5) is 63.0. The Labute approximate surface area is 304 Å². The van der Waals surface area contributed by atoms with E-state index in [1.807, 2.05) is 66.7 Å². The van der Waals surface area contributed by atoms with Crippen LogP contribution in [0.15, 0.2) is 85.0 Å². The summed E-state index contributed by atoms with van der Waals surface area (Å²) in [7, 11) is 0. The van der Waals surface area contributed by atoms with Crippen LogP contribution in [0.4, 0.5) is 0 Å². The fourth-order valence-corrected chi connectivity index (χ4v) is 8.51. The maximum atomic E-state index is 15.1. The largest absolute Gasteiger partial charge is 0.455 e. The lowest BCUT2D eigenvalue weighted by atomic mass is 9.77. The molecule has 0 unspecified atom stereocenters. The number of amides is 3. The highest BCUT2D eigenvalue weighted by atomic mass is 16.6. The topological polar surface area (TPSA) is 138 Å². The van der Waals surface area contributed by atoms with Crippen molar-refractivity contribution in [1.82, 2.24) is 20.0 Å². The van der Waals surface area contributed by atoms with Crippen molar-refractivity contribution in [3.05, 3.63) is 96.1 Å². The minimum Gasteiger partial charge on any atom is -0.455 e. The Kier molecular flexibility index (Phi) is 10.9. The Morgan fingerprint density at radius 3 is 2.40 bits per heavy atom. The van der Waals surface area contributed by atoms with E-state index >= 15 is 4.79 Å². The summed E-state index contributed by atoms with van der Waals surface area (Å²) >= 11 is 0. The van der Waals surface area contributed by atoms with Crippen molar-refractivity contribution < 1.29 is 38.5 Å². The van der Waals surface area contributed by atoms with Crippen LogP contribution in [0.2, 0.25) is 0 Å². The lowest BCUT2D eigenvalue weighted by Gasteiger charge is -2.39. The van der Waals surface area contributed by atoms with Crippen molar-refractivity contribution in [3.63, 3.8) is 0 Å². The van der Waals surface area contributed by atoms with Gasteiger partial charge in [0.25, 0.3) is 0 Å². The summed E-state index contributed by atoms with van der Waals surface area (Å²) in [5, 5.41) is 13.9. The molecule has 5 aliphatic heterocycles. The number of nitrogens with one attached hydrogen (secondary N) is 1. The Morgan fingerprint density at radius 1 is 0.942 bits per heavy atom. The summed E-state index contributed by atoms with van der Waals surface area (Å²) in [5.74, 6) is -3.76. The summed E-state index contributed by atoms with van der Waals surface area (Å²) in [5.41, 5.74) is 0.0877. The molecule has 5 heterocycles. The van der Waals surface area contributed by atoms with E-state index in [4.69, 9.17) is 14.2 Å². The number of benzene rings is 2. The van der Waals surface area contributed by atoms with Gasteiger partial charge < -0.3 is 34.4 Å². The van der Waals surface area contributed by atoms with Gasteiger partial charge in [-0.25, -0.2) is 0 Å². The molecule has 2 aromatic carbocycles. The van der Waals surface area contributed by atoms with Crippen LogP contribution in [0, 0.1) is 11.8 Å². The summed E-state index contributed by atoms with van der Waals surface area (Å²) in [6.07, 6.45) is 6.37. The fourth-order valence-electron chi connectivity index (χ4n) is 8.51. The van der Waals surface area contributed by atoms with Gasteiger partial charge in [0.15, 0.2) is 0 Å². The van der Waals surface area contributed by atoms with E-state index in [0.29, 0.717) is 51.3 Å². The molecule has 0 bridgehead atoms. The Hall–Kier alpha value is -4.36. The molecule has 3 amide bonds. The molecular weight excluding hydrogens is 664 g/mol. The van der Waals surface area contributed by atoms with Crippen LogP contribution < -0.4 is 5.32 Å². The molecule has 0 saturated carbocycles. The maximum Gasteiger partial charge on any atom is 0.313 e. The average Bonchev–Trinajstić information content (AvgIpc) is 3.56. The number of carbonyl (C=O) groups excluding carboxylic acids is 4. The first-order chi connectivity index (χ1) is 25.3. The number of ether oxygens (including phenoxy) is 3. The maximum absolute atomic E-state index is 15.1. The molecule has 12 nitrogen and oxygen atoms in total. The van der Waals surface area contributed by atoms with E-state index in [2.05, 4.69) is 10.2 Å². The number of fused-ring (bicyclic) bond motifs is 2. The molecule has 8 atom stereocenters. The third-order valence-corrected chi connectivity index (χ3v) is 11.1. The predicted molar refractivity (Wildman–Crippen MR) is 190 cm³/mol. The lowest BCUT2D eigenvalue weighted by Crippen LogP contribution is -2.59. The number of nitrogens with zero attached hydrogens (tertiary/aromatic N) is 3. The molecule has 2 aromatic rings. The number of aliphatic hydroxyl groups excluding tert-OH is 1. The quantitative estimate of drug-likeness (QED) is 0.311. The molecule has 52 heavy (non-hydrogen) atoms. The van der Waals surface area contributed by atoms with Crippen molar-refractivity contribution in [1.29, 1.82) is 0 Å². The molecule has 12 heteroatoms. The molecule has 2 N–H and O–H groups in total. The van der Waals surface area contributed by atoms with Gasteiger partial charge in [-0.15, -0.1) is 0 Å². The van der Waals surface area contributed by atoms with Crippen LogP contribution >= 0.6 is 0 Å². The monoisotopic (exact) mass is 712 g/mol. The molecule has 0 radical (unpaired) electrons. The molecule has 1 spiro atoms. The molecule has 3 fully saturated rings. The van der Waals surface area contributed by atoms with Gasteiger partial charge in [-0.3, -0.25) is 24.1 Å². The number of likely N-dealkylation sites (tertiary alicyclic amines) is 1. The first-order valence-corrected chi connectivity index (χ1v) is 18.4. The average molecular weight is 713 g/mol. The van der Waals surface area contributed by atoms with E-state index in [9.17, 15) is 19.5 Å². The second-order valence-electron chi connectivity index (χ2n) is 14.3. The molecular formula is C40H48N4O8. The van der Waals surface area contributed by atoms with Gasteiger partial charge in [0.1, 0.15) is 23.7 Å². The third-order valence-electron chi connectivity index (χ3n) is 11.1. The summed E-state index contributed by atoms with van der Waals surface area (Å²) < 4.78 is 18.7. The van der Waals surface area contributed by atoms with Crippen LogP contribution in [-0.4, -0.2) is 126 Å². The zero-order valence-corrected chi connectivity index (χ0v) is 29.5. The minimum absolute atomic E-state index is 0.178. The minimum atomic E-state index is -1.51. The number of rotatable bonds is 8. The first kappa shape index (κ1) is 36.0. The zero-order valence-electron chi connectivity index (χ0n) is 29.5. The number of esters is 1. The van der Waals surface area contributed by atoms with Crippen LogP contribution in [0.5, 0.6) is 0 Å². The van der Waals surface area contributed by atoms with Gasteiger partial charge in [0.2, 0.25) is 17.7 Å². The van der Waals surface area contributed by atoms with Gasteiger partial charge in [-0.1, -0.05) is 85.0 Å². The van der Waals surface area contributed by atoms with Gasteiger partial charge in [-0.05, 0) is 30.9 Å². The molecule has 0 aromatic heterocycles. The Bertz CT molecular complexity index is 1660. The number of carbonyl (C=O) groups is 4. The molecule has 5 aliphatic rings. The predicted octanol–water partition coefficient (Wildman–Crippen LogP) is 2.04. The molecule has 276 valence electrons. The normalized spacial score (nSPS) is 32.4. The number of hydrogen-bond donors (Lipinski definition) is 2. The van der Waals surface area contributed by atoms with Crippen molar-refractivity contribution in [3.8, 4) is 0 Å². The van der Waals surface area contributed by atoms with Crippen LogP contribution in [0.1, 0.15) is 37.0 Å². The van der Waals surface area contributed by atoms with Gasteiger partial charge >= 0.3 is 5.97 Å². The van der Waals surface area contributed by atoms with Crippen molar-refractivity contribution in [2.24, 2.45) is 11.8 Å². The van der Waals surface area contributed by atoms with Gasteiger partial charge in [-0.2, -0.15) is 0 Å². The molecule has 7 rings (SSSR count). The highest BCUT2D eigenvalue weighted by Crippen LogP contribution is 2.54. The molecule has 0 aliphatic carbocycles. The second-order valence-corrected chi connectivity index (χ2v) is 14.3. The van der Waals surface area contributed by atoms with E-state index in [1.165, 1.54) is 4.90 Å². The number of aliphatic hydroxyl groups is 1. The molecule has 3 saturated heterocycles. The number of cyclic esters (lactones) is 1. The number of allylic oxidation sites excluding steroid dienone is 1. The highest BCUT2D eigenvalue weighted by molar-refractivity contribution is 5.99. The van der Waals surface area contributed by atoms with E-state index in [-0.39, 0.29) is 18.2 Å². The SMILES string of the molecule is C[C@@H]1NC(=O)CC/C=C\[C@@H]2O[C@@]34C=CCN(CCN5CCOCC5)C(=O)[C@@H]3N([C@@H](CO)Cc3ccccc3)C(=O)[C@H]4[C@@H]2C(=O)O[C@H]1c1ccccc1. The van der Waals surface area contributed by atoms with Crippen molar-refractivity contribution >= 4 is 23.7 Å². The second kappa shape index (κ2) is 15.7. The summed E-state index contributed by atoms with van der Waals surface area (Å²) in [6.45, 7) is 5.58. The zero-order chi connectivity index (χ0) is 36.2. The van der Waals surface area contributed by atoms with E-state index < -0.39 is 66.3 Å². The Balaban J connectivity index is 1.28. The van der Waals surface area contributed by atoms with E-state index in [1.54, 1.807) is 30.1 Å². The van der Waals surface area contributed by atoms with Crippen LogP contribution in [0.25, 0.3) is 0 Å². The van der Waals surface area contributed by atoms with Crippen molar-refractivity contribution in [2.45, 2.75) is 62.1 Å². The smallest absolute Gasteiger partial charge is 0.313 e.